The van der Waals surface area contributed by atoms with Gasteiger partial charge in [-0.2, -0.15) is 0 Å². The maximum Gasteiger partial charge on any atom is 0.273 e. The van der Waals surface area contributed by atoms with Gasteiger partial charge in [-0.3, -0.25) is 10.1 Å². The number of ether oxygens (including phenoxy) is 1. The summed E-state index contributed by atoms with van der Waals surface area (Å²) in [5, 5.41) is 19.0. The molecular formula is C9H6BrN3O3S. The van der Waals surface area contributed by atoms with Crippen molar-refractivity contribution < 1.29 is 9.66 Å². The molecule has 88 valence electrons. The van der Waals surface area contributed by atoms with Crippen LogP contribution >= 0.6 is 27.3 Å². The first kappa shape index (κ1) is 11.9. The number of aromatic nitrogens is 2. The highest BCUT2D eigenvalue weighted by atomic mass is 79.9. The van der Waals surface area contributed by atoms with Gasteiger partial charge in [-0.1, -0.05) is 11.3 Å². The third kappa shape index (κ3) is 2.42. The Morgan fingerprint density at radius 3 is 2.76 bits per heavy atom. The Bertz CT molecular complexity index is 572. The molecule has 0 atom stereocenters. The van der Waals surface area contributed by atoms with E-state index in [0.29, 0.717) is 20.2 Å². The minimum atomic E-state index is -0.470. The zero-order chi connectivity index (χ0) is 12.4. The van der Waals surface area contributed by atoms with Gasteiger partial charge >= 0.3 is 0 Å². The average molecular weight is 316 g/mol. The van der Waals surface area contributed by atoms with Gasteiger partial charge in [-0.25, -0.2) is 0 Å². The number of non-ortho nitro benzene ring substituents is 1. The van der Waals surface area contributed by atoms with Crippen molar-refractivity contribution >= 4 is 33.0 Å². The van der Waals surface area contributed by atoms with Crippen LogP contribution < -0.4 is 4.74 Å². The van der Waals surface area contributed by atoms with Crippen LogP contribution in [0, 0.1) is 10.1 Å². The quantitative estimate of drug-likeness (QED) is 0.642. The molecule has 1 heterocycles. The van der Waals surface area contributed by atoms with E-state index < -0.39 is 4.92 Å². The molecule has 0 fully saturated rings. The van der Waals surface area contributed by atoms with Crippen molar-refractivity contribution in [1.29, 1.82) is 0 Å². The number of nitrogens with zero attached hydrogens (tertiary/aromatic N) is 3. The van der Waals surface area contributed by atoms with Crippen LogP contribution in [0.1, 0.15) is 0 Å². The van der Waals surface area contributed by atoms with Crippen molar-refractivity contribution in [2.24, 2.45) is 0 Å². The second kappa shape index (κ2) is 4.76. The third-order valence-electron chi connectivity index (χ3n) is 2.03. The van der Waals surface area contributed by atoms with Crippen LogP contribution in [0.15, 0.2) is 22.1 Å². The lowest BCUT2D eigenvalue weighted by Crippen LogP contribution is -1.92. The van der Waals surface area contributed by atoms with E-state index in [1.54, 1.807) is 6.07 Å². The molecule has 0 bridgehead atoms. The molecule has 0 N–H and O–H groups in total. The Morgan fingerprint density at radius 1 is 1.47 bits per heavy atom. The number of rotatable bonds is 3. The Morgan fingerprint density at radius 2 is 2.24 bits per heavy atom. The van der Waals surface area contributed by atoms with E-state index in [4.69, 9.17) is 4.74 Å². The van der Waals surface area contributed by atoms with E-state index in [-0.39, 0.29) is 5.69 Å². The molecule has 1 aromatic carbocycles. The second-order valence-corrected chi connectivity index (χ2v) is 5.26. The molecule has 17 heavy (non-hydrogen) atoms. The van der Waals surface area contributed by atoms with Crippen LogP contribution in [0.3, 0.4) is 0 Å². The number of methoxy groups -OCH3 is 1. The summed E-state index contributed by atoms with van der Waals surface area (Å²) in [4.78, 5) is 10.2. The SMILES string of the molecule is COc1cc([N+](=O)[O-])ccc1-c1nnc(Br)s1. The second-order valence-electron chi connectivity index (χ2n) is 3.00. The number of nitro groups is 1. The molecule has 0 aliphatic heterocycles. The zero-order valence-corrected chi connectivity index (χ0v) is 11.0. The van der Waals surface area contributed by atoms with Crippen molar-refractivity contribution in [3.05, 3.63) is 32.2 Å². The topological polar surface area (TPSA) is 78.2 Å². The smallest absolute Gasteiger partial charge is 0.273 e. The standard InChI is InChI=1S/C9H6BrN3O3S/c1-16-7-4-5(13(14)15)2-3-6(7)8-11-12-9(10)17-8/h2-4H,1H3. The van der Waals surface area contributed by atoms with Crippen LogP contribution in [-0.4, -0.2) is 22.2 Å². The maximum absolute atomic E-state index is 10.6. The first-order valence-electron chi connectivity index (χ1n) is 4.43. The number of hydrogen-bond acceptors (Lipinski definition) is 6. The fourth-order valence-electron chi connectivity index (χ4n) is 1.28. The number of hydrogen-bond donors (Lipinski definition) is 0. The molecular weight excluding hydrogens is 310 g/mol. The number of halogens is 1. The molecule has 0 spiro atoms. The van der Waals surface area contributed by atoms with Gasteiger partial charge < -0.3 is 4.74 Å². The van der Waals surface area contributed by atoms with Gasteiger partial charge in [0, 0.05) is 6.07 Å². The summed E-state index contributed by atoms with van der Waals surface area (Å²) in [6.07, 6.45) is 0. The molecule has 1 aromatic heterocycles. The van der Waals surface area contributed by atoms with Crippen molar-refractivity contribution in [3.8, 4) is 16.3 Å². The average Bonchev–Trinajstić information content (AvgIpc) is 2.74. The van der Waals surface area contributed by atoms with Crippen molar-refractivity contribution in [2.75, 3.05) is 7.11 Å². The van der Waals surface area contributed by atoms with Crippen molar-refractivity contribution in [3.63, 3.8) is 0 Å². The molecule has 0 aliphatic rings. The molecule has 0 saturated carbocycles. The van der Waals surface area contributed by atoms with Gasteiger partial charge in [-0.05, 0) is 22.0 Å². The van der Waals surface area contributed by atoms with Gasteiger partial charge in [0.25, 0.3) is 5.69 Å². The maximum atomic E-state index is 10.6. The van der Waals surface area contributed by atoms with E-state index in [0.717, 1.165) is 0 Å². The van der Waals surface area contributed by atoms with Gasteiger partial charge in [0.15, 0.2) is 8.92 Å². The molecule has 2 rings (SSSR count). The highest BCUT2D eigenvalue weighted by molar-refractivity contribution is 9.11. The molecule has 6 nitrogen and oxygen atoms in total. The molecule has 8 heteroatoms. The third-order valence-corrected chi connectivity index (χ3v) is 3.42. The predicted octanol–water partition coefficient (Wildman–Crippen LogP) is 2.88. The molecule has 0 unspecified atom stereocenters. The Hall–Kier alpha value is -1.54. The first-order valence-corrected chi connectivity index (χ1v) is 6.04. The summed E-state index contributed by atoms with van der Waals surface area (Å²) >= 11 is 4.54. The Balaban J connectivity index is 2.51. The molecule has 2 aromatic rings. The van der Waals surface area contributed by atoms with Gasteiger partial charge in [0.1, 0.15) is 5.75 Å². The van der Waals surface area contributed by atoms with Crippen molar-refractivity contribution in [1.82, 2.24) is 10.2 Å². The fourth-order valence-corrected chi connectivity index (χ4v) is 2.43. The predicted molar refractivity (Wildman–Crippen MR) is 66.3 cm³/mol. The minimum Gasteiger partial charge on any atom is -0.496 e. The minimum absolute atomic E-state index is 0.0193. The van der Waals surface area contributed by atoms with Gasteiger partial charge in [-0.15, -0.1) is 10.2 Å². The van der Waals surface area contributed by atoms with E-state index in [1.807, 2.05) is 0 Å². The van der Waals surface area contributed by atoms with E-state index >= 15 is 0 Å². The van der Waals surface area contributed by atoms with Crippen LogP contribution in [0.4, 0.5) is 5.69 Å². The lowest BCUT2D eigenvalue weighted by molar-refractivity contribution is -0.384. The first-order chi connectivity index (χ1) is 8.11. The van der Waals surface area contributed by atoms with Crippen LogP contribution in [-0.2, 0) is 0 Å². The zero-order valence-electron chi connectivity index (χ0n) is 8.58. The highest BCUT2D eigenvalue weighted by Gasteiger charge is 2.15. The van der Waals surface area contributed by atoms with E-state index in [2.05, 4.69) is 26.1 Å². The molecule has 0 saturated heterocycles. The highest BCUT2D eigenvalue weighted by Crippen LogP contribution is 2.35. The largest absolute Gasteiger partial charge is 0.496 e. The van der Waals surface area contributed by atoms with E-state index in [1.165, 1.54) is 30.6 Å². The Kier molecular flexibility index (Phi) is 3.34. The molecule has 0 amide bonds. The summed E-state index contributed by atoms with van der Waals surface area (Å²) in [7, 11) is 1.46. The van der Waals surface area contributed by atoms with Crippen molar-refractivity contribution in [2.45, 2.75) is 0 Å². The summed E-state index contributed by atoms with van der Waals surface area (Å²) in [6.45, 7) is 0. The summed E-state index contributed by atoms with van der Waals surface area (Å²) in [6, 6.07) is 4.38. The summed E-state index contributed by atoms with van der Waals surface area (Å²) < 4.78 is 5.77. The molecule has 0 aliphatic carbocycles. The lowest BCUT2D eigenvalue weighted by Gasteiger charge is -2.04. The fraction of sp³-hybridized carbons (Fsp3) is 0.111. The monoisotopic (exact) mass is 315 g/mol. The van der Waals surface area contributed by atoms with Crippen LogP contribution in [0.5, 0.6) is 5.75 Å². The number of benzene rings is 1. The van der Waals surface area contributed by atoms with Gasteiger partial charge in [0.05, 0.1) is 23.7 Å². The molecule has 0 radical (unpaired) electrons. The van der Waals surface area contributed by atoms with Crippen LogP contribution in [0.25, 0.3) is 10.6 Å². The Labute approximate surface area is 109 Å². The number of nitro benzene ring substituents is 1. The van der Waals surface area contributed by atoms with Crippen LogP contribution in [0.2, 0.25) is 0 Å². The summed E-state index contributed by atoms with van der Waals surface area (Å²) in [5.41, 5.74) is 0.662. The summed E-state index contributed by atoms with van der Waals surface area (Å²) in [5.74, 6) is 0.405. The van der Waals surface area contributed by atoms with E-state index in [9.17, 15) is 10.1 Å². The van der Waals surface area contributed by atoms with Gasteiger partial charge in [0.2, 0.25) is 0 Å². The normalized spacial score (nSPS) is 10.2. The lowest BCUT2D eigenvalue weighted by atomic mass is 10.2.